The summed E-state index contributed by atoms with van der Waals surface area (Å²) in [7, 11) is 0. The van der Waals surface area contributed by atoms with Crippen LogP contribution in [0.4, 0.5) is 0 Å². The number of ether oxygens (including phenoxy) is 1. The predicted octanol–water partition coefficient (Wildman–Crippen LogP) is 6.62. The van der Waals surface area contributed by atoms with Crippen LogP contribution in [0.1, 0.15) is 55.7 Å². The number of rotatable bonds is 8. The number of halogens is 3. The average Bonchev–Trinajstić information content (AvgIpc) is 2.81. The molecule has 2 aromatic rings. The summed E-state index contributed by atoms with van der Waals surface area (Å²) < 4.78 is 6.84. The minimum atomic E-state index is -0.709. The van der Waals surface area contributed by atoms with Crippen LogP contribution < -0.4 is 10.1 Å². The number of aryl methyl sites for hydroxylation is 2. The Morgan fingerprint density at radius 2 is 1.71 bits per heavy atom. The van der Waals surface area contributed by atoms with E-state index in [9.17, 15) is 9.59 Å². The Balaban J connectivity index is 1.78. The first kappa shape index (κ1) is 26.8. The number of nitrogens with one attached hydrogen (secondary N) is 1. The number of benzene rings is 2. The first-order chi connectivity index (χ1) is 16.2. The highest BCUT2D eigenvalue weighted by molar-refractivity contribution is 9.10. The molecule has 0 saturated heterocycles. The van der Waals surface area contributed by atoms with Crippen LogP contribution in [0.5, 0.6) is 5.75 Å². The van der Waals surface area contributed by atoms with E-state index >= 15 is 0 Å². The lowest BCUT2D eigenvalue weighted by atomic mass is 9.95. The highest BCUT2D eigenvalue weighted by atomic mass is 79.9. The van der Waals surface area contributed by atoms with Gasteiger partial charge in [0.05, 0.1) is 0 Å². The summed E-state index contributed by atoms with van der Waals surface area (Å²) in [6.45, 7) is 5.57. The minimum absolute atomic E-state index is 0.109. The molecule has 0 aromatic heterocycles. The van der Waals surface area contributed by atoms with Gasteiger partial charge in [-0.3, -0.25) is 9.59 Å². The lowest BCUT2D eigenvalue weighted by Crippen LogP contribution is -2.51. The van der Waals surface area contributed by atoms with Gasteiger partial charge >= 0.3 is 0 Å². The van der Waals surface area contributed by atoms with Crippen molar-refractivity contribution < 1.29 is 14.3 Å². The highest BCUT2D eigenvalue weighted by Crippen LogP contribution is 2.28. The third kappa shape index (κ3) is 6.89. The van der Waals surface area contributed by atoms with Crippen molar-refractivity contribution in [1.29, 1.82) is 0 Å². The maximum Gasteiger partial charge on any atom is 0.261 e. The van der Waals surface area contributed by atoms with E-state index in [1.165, 1.54) is 11.3 Å². The molecular weight excluding hydrogens is 539 g/mol. The Morgan fingerprint density at radius 1 is 1.12 bits per heavy atom. The van der Waals surface area contributed by atoms with Crippen molar-refractivity contribution in [1.82, 2.24) is 10.2 Å². The van der Waals surface area contributed by atoms with E-state index in [1.54, 1.807) is 25.1 Å². The molecule has 2 aromatic carbocycles. The molecule has 1 N–H and O–H groups in total. The van der Waals surface area contributed by atoms with Crippen LogP contribution in [0.15, 0.2) is 34.8 Å². The zero-order chi connectivity index (χ0) is 24.8. The fraction of sp³-hybridized carbons (Fsp3) is 0.462. The number of amides is 2. The molecule has 34 heavy (non-hydrogen) atoms. The van der Waals surface area contributed by atoms with Gasteiger partial charge in [-0.1, -0.05) is 64.5 Å². The zero-order valence-electron chi connectivity index (χ0n) is 19.8. The molecule has 0 radical (unpaired) electrons. The first-order valence-corrected chi connectivity index (χ1v) is 13.1. The van der Waals surface area contributed by atoms with E-state index in [-0.39, 0.29) is 31.0 Å². The average molecular weight is 570 g/mol. The lowest BCUT2D eigenvalue weighted by Gasteiger charge is -2.31. The molecule has 8 heteroatoms. The molecule has 3 rings (SSSR count). The van der Waals surface area contributed by atoms with Crippen molar-refractivity contribution >= 4 is 50.9 Å². The zero-order valence-corrected chi connectivity index (χ0v) is 22.9. The molecule has 0 heterocycles. The van der Waals surface area contributed by atoms with Gasteiger partial charge in [0.2, 0.25) is 5.91 Å². The minimum Gasteiger partial charge on any atom is -0.484 e. The fourth-order valence-corrected chi connectivity index (χ4v) is 4.97. The fourth-order valence-electron chi connectivity index (χ4n) is 4.22. The number of carbonyl (C=O) groups excluding carboxylic acids is 2. The summed E-state index contributed by atoms with van der Waals surface area (Å²) >= 11 is 16.3. The second kappa shape index (κ2) is 12.3. The van der Waals surface area contributed by atoms with Gasteiger partial charge in [0, 0.05) is 32.7 Å². The van der Waals surface area contributed by atoms with Gasteiger partial charge in [-0.05, 0) is 69.0 Å². The molecule has 1 saturated carbocycles. The van der Waals surface area contributed by atoms with Gasteiger partial charge in [-0.25, -0.2) is 0 Å². The van der Waals surface area contributed by atoms with E-state index < -0.39 is 6.04 Å². The second-order valence-corrected chi connectivity index (χ2v) is 10.5. The van der Waals surface area contributed by atoms with Crippen LogP contribution in [0.25, 0.3) is 0 Å². The van der Waals surface area contributed by atoms with E-state index in [1.807, 2.05) is 26.0 Å². The standard InChI is InChI=1S/C26H31BrCl2N2O3/c1-16-12-20(13-17(2)25(16)27)34-15-24(32)31(14-21-22(28)10-7-11-23(21)29)18(3)26(33)30-19-8-5-4-6-9-19/h7,10-13,18-19H,4-6,8-9,14-15H2,1-3H3,(H,30,33). The normalized spacial score (nSPS) is 15.0. The lowest BCUT2D eigenvalue weighted by molar-refractivity contribution is -0.142. The number of hydrogen-bond donors (Lipinski definition) is 1. The number of hydrogen-bond acceptors (Lipinski definition) is 3. The van der Waals surface area contributed by atoms with Crippen LogP contribution in [-0.4, -0.2) is 35.4 Å². The topological polar surface area (TPSA) is 58.6 Å². The summed E-state index contributed by atoms with van der Waals surface area (Å²) in [4.78, 5) is 27.9. The second-order valence-electron chi connectivity index (χ2n) is 8.90. The SMILES string of the molecule is Cc1cc(OCC(=O)N(Cc2c(Cl)cccc2Cl)C(C)C(=O)NC2CCCCC2)cc(C)c1Br. The molecule has 0 aliphatic heterocycles. The summed E-state index contributed by atoms with van der Waals surface area (Å²) in [5.74, 6) is 0.0980. The third-order valence-corrected chi connectivity index (χ3v) is 8.24. The summed E-state index contributed by atoms with van der Waals surface area (Å²) in [6, 6.07) is 8.39. The van der Waals surface area contributed by atoms with Gasteiger partial charge < -0.3 is 15.0 Å². The van der Waals surface area contributed by atoms with Crippen LogP contribution in [0.3, 0.4) is 0 Å². The smallest absolute Gasteiger partial charge is 0.261 e. The van der Waals surface area contributed by atoms with Crippen molar-refractivity contribution in [3.63, 3.8) is 0 Å². The molecule has 1 aliphatic carbocycles. The Hall–Kier alpha value is -1.76. The van der Waals surface area contributed by atoms with E-state index in [0.717, 1.165) is 41.3 Å². The number of nitrogens with zero attached hydrogens (tertiary/aromatic N) is 1. The van der Waals surface area contributed by atoms with Crippen molar-refractivity contribution in [2.45, 2.75) is 71.5 Å². The van der Waals surface area contributed by atoms with Crippen LogP contribution in [0.2, 0.25) is 10.0 Å². The molecule has 1 atom stereocenters. The molecule has 0 bridgehead atoms. The van der Waals surface area contributed by atoms with E-state index in [4.69, 9.17) is 27.9 Å². The molecule has 184 valence electrons. The molecule has 2 amide bonds. The first-order valence-electron chi connectivity index (χ1n) is 11.6. The van der Waals surface area contributed by atoms with Gasteiger partial charge in [-0.2, -0.15) is 0 Å². The van der Waals surface area contributed by atoms with E-state index in [0.29, 0.717) is 21.4 Å². The maximum absolute atomic E-state index is 13.3. The van der Waals surface area contributed by atoms with Gasteiger partial charge in [0.15, 0.2) is 6.61 Å². The number of carbonyl (C=O) groups is 2. The van der Waals surface area contributed by atoms with Crippen LogP contribution in [-0.2, 0) is 16.1 Å². The Labute approximate surface area is 220 Å². The molecular formula is C26H31BrCl2N2O3. The molecule has 1 fully saturated rings. The molecule has 0 spiro atoms. The largest absolute Gasteiger partial charge is 0.484 e. The van der Waals surface area contributed by atoms with Crippen molar-refractivity contribution in [3.8, 4) is 5.75 Å². The molecule has 5 nitrogen and oxygen atoms in total. The Kier molecular flexibility index (Phi) is 9.69. The monoisotopic (exact) mass is 568 g/mol. The van der Waals surface area contributed by atoms with Gasteiger partial charge in [0.1, 0.15) is 11.8 Å². The third-order valence-electron chi connectivity index (χ3n) is 6.28. The van der Waals surface area contributed by atoms with Gasteiger partial charge in [0.25, 0.3) is 5.91 Å². The summed E-state index contributed by atoms with van der Waals surface area (Å²) in [5, 5.41) is 4.02. The predicted molar refractivity (Wildman–Crippen MR) is 141 cm³/mol. The summed E-state index contributed by atoms with van der Waals surface area (Å²) in [6.07, 6.45) is 5.35. The van der Waals surface area contributed by atoms with Crippen molar-refractivity contribution in [2.24, 2.45) is 0 Å². The maximum atomic E-state index is 13.3. The van der Waals surface area contributed by atoms with Crippen LogP contribution >= 0.6 is 39.1 Å². The quantitative estimate of drug-likeness (QED) is 0.389. The highest BCUT2D eigenvalue weighted by Gasteiger charge is 2.29. The molecule has 1 unspecified atom stereocenters. The van der Waals surface area contributed by atoms with Gasteiger partial charge in [-0.15, -0.1) is 0 Å². The van der Waals surface area contributed by atoms with Crippen molar-refractivity contribution in [3.05, 3.63) is 61.5 Å². The van der Waals surface area contributed by atoms with Crippen molar-refractivity contribution in [2.75, 3.05) is 6.61 Å². The van der Waals surface area contributed by atoms with E-state index in [2.05, 4.69) is 21.2 Å². The summed E-state index contributed by atoms with van der Waals surface area (Å²) in [5.41, 5.74) is 2.64. The Bertz CT molecular complexity index is 997. The molecule has 1 aliphatic rings. The Morgan fingerprint density at radius 3 is 2.29 bits per heavy atom. The van der Waals surface area contributed by atoms with Crippen LogP contribution in [0, 0.1) is 13.8 Å².